The Hall–Kier alpha value is -0.870. The lowest BCUT2D eigenvalue weighted by molar-refractivity contribution is -0.130. The van der Waals surface area contributed by atoms with Crippen molar-refractivity contribution in [2.24, 2.45) is 5.92 Å². The number of carbonyl (C=O) groups excluding carboxylic acids is 1. The van der Waals surface area contributed by atoms with Crippen LogP contribution >= 0.6 is 0 Å². The van der Waals surface area contributed by atoms with E-state index in [9.17, 15) is 4.79 Å². The van der Waals surface area contributed by atoms with Crippen molar-refractivity contribution in [3.05, 3.63) is 11.8 Å². The van der Waals surface area contributed by atoms with Gasteiger partial charge in [0.15, 0.2) is 0 Å². The first-order valence-corrected chi connectivity index (χ1v) is 8.67. The van der Waals surface area contributed by atoms with E-state index in [2.05, 4.69) is 30.1 Å². The minimum atomic E-state index is 0.288. The average molecular weight is 293 g/mol. The first kappa shape index (κ1) is 16.5. The van der Waals surface area contributed by atoms with E-state index in [1.165, 1.54) is 25.0 Å². The predicted octanol–water partition coefficient (Wildman–Crippen LogP) is 2.22. The van der Waals surface area contributed by atoms with Gasteiger partial charge in [-0.15, -0.1) is 0 Å². The van der Waals surface area contributed by atoms with Crippen molar-refractivity contribution in [1.29, 1.82) is 0 Å². The Balaban J connectivity index is 1.75. The fourth-order valence-corrected chi connectivity index (χ4v) is 3.41. The van der Waals surface area contributed by atoms with Crippen LogP contribution in [0.25, 0.3) is 0 Å². The van der Waals surface area contributed by atoms with Crippen LogP contribution in [0, 0.1) is 5.92 Å². The summed E-state index contributed by atoms with van der Waals surface area (Å²) in [6.45, 7) is 9.97. The van der Waals surface area contributed by atoms with Gasteiger partial charge >= 0.3 is 0 Å². The standard InChI is InChI=1S/C17H31N3O/c1-3-18-13-15-9-11-19(12-10-15)14-17(21)20(4-2)16-7-5-6-8-16/h7,15,18H,3-6,8-14H2,1-2H3. The lowest BCUT2D eigenvalue weighted by Gasteiger charge is -2.33. The zero-order chi connectivity index (χ0) is 15.1. The van der Waals surface area contributed by atoms with Crippen LogP contribution in [-0.4, -0.2) is 55.0 Å². The molecule has 0 radical (unpaired) electrons. The number of hydrogen-bond donors (Lipinski definition) is 1. The second-order valence-electron chi connectivity index (χ2n) is 6.25. The van der Waals surface area contributed by atoms with Crippen molar-refractivity contribution in [2.45, 2.75) is 46.0 Å². The lowest BCUT2D eigenvalue weighted by atomic mass is 9.97. The first-order valence-electron chi connectivity index (χ1n) is 8.67. The topological polar surface area (TPSA) is 35.6 Å². The Morgan fingerprint density at radius 1 is 1.38 bits per heavy atom. The van der Waals surface area contributed by atoms with Crippen LogP contribution in [0.15, 0.2) is 11.8 Å². The molecule has 0 bridgehead atoms. The molecule has 21 heavy (non-hydrogen) atoms. The van der Waals surface area contributed by atoms with Crippen LogP contribution in [0.3, 0.4) is 0 Å². The van der Waals surface area contributed by atoms with Gasteiger partial charge in [-0.25, -0.2) is 0 Å². The minimum Gasteiger partial charge on any atom is -0.317 e. The first-order chi connectivity index (χ1) is 10.2. The molecule has 1 amide bonds. The van der Waals surface area contributed by atoms with Gasteiger partial charge in [-0.3, -0.25) is 9.69 Å². The minimum absolute atomic E-state index is 0.288. The Kier molecular flexibility index (Phi) is 6.71. The van der Waals surface area contributed by atoms with Gasteiger partial charge in [-0.2, -0.15) is 0 Å². The van der Waals surface area contributed by atoms with Gasteiger partial charge in [0.05, 0.1) is 6.54 Å². The van der Waals surface area contributed by atoms with Crippen LogP contribution in [-0.2, 0) is 4.79 Å². The molecule has 120 valence electrons. The fourth-order valence-electron chi connectivity index (χ4n) is 3.41. The molecule has 4 nitrogen and oxygen atoms in total. The summed E-state index contributed by atoms with van der Waals surface area (Å²) >= 11 is 0. The molecule has 1 aliphatic carbocycles. The molecule has 1 aliphatic heterocycles. The second kappa shape index (κ2) is 8.54. The molecular formula is C17H31N3O. The molecule has 1 heterocycles. The largest absolute Gasteiger partial charge is 0.317 e. The van der Waals surface area contributed by atoms with Gasteiger partial charge in [-0.1, -0.05) is 13.0 Å². The summed E-state index contributed by atoms with van der Waals surface area (Å²) in [7, 11) is 0. The SMILES string of the molecule is CCNCC1CCN(CC(=O)N(CC)C2=CCCC2)CC1. The number of likely N-dealkylation sites (tertiary alicyclic amines) is 1. The third kappa shape index (κ3) is 4.82. The molecule has 2 aliphatic rings. The smallest absolute Gasteiger partial charge is 0.240 e. The number of hydrogen-bond acceptors (Lipinski definition) is 3. The summed E-state index contributed by atoms with van der Waals surface area (Å²) in [5, 5.41) is 3.44. The number of nitrogens with one attached hydrogen (secondary N) is 1. The van der Waals surface area contributed by atoms with E-state index in [1.54, 1.807) is 0 Å². The summed E-state index contributed by atoms with van der Waals surface area (Å²) in [5.74, 6) is 1.08. The molecule has 2 rings (SSSR count). The van der Waals surface area contributed by atoms with Crippen molar-refractivity contribution in [3.8, 4) is 0 Å². The number of likely N-dealkylation sites (N-methyl/N-ethyl adjacent to an activating group) is 1. The van der Waals surface area contributed by atoms with E-state index < -0.39 is 0 Å². The van der Waals surface area contributed by atoms with E-state index >= 15 is 0 Å². The van der Waals surface area contributed by atoms with Crippen molar-refractivity contribution in [1.82, 2.24) is 15.1 Å². The van der Waals surface area contributed by atoms with E-state index in [0.29, 0.717) is 6.54 Å². The summed E-state index contributed by atoms with van der Waals surface area (Å²) in [6, 6.07) is 0. The molecule has 0 spiro atoms. The summed E-state index contributed by atoms with van der Waals surface area (Å²) in [6.07, 6.45) is 8.09. The van der Waals surface area contributed by atoms with Crippen LogP contribution in [0.5, 0.6) is 0 Å². The van der Waals surface area contributed by atoms with Crippen molar-refractivity contribution in [3.63, 3.8) is 0 Å². The molecular weight excluding hydrogens is 262 g/mol. The van der Waals surface area contributed by atoms with Gasteiger partial charge < -0.3 is 10.2 Å². The lowest BCUT2D eigenvalue weighted by Crippen LogP contribution is -2.44. The number of piperidine rings is 1. The molecule has 4 heteroatoms. The zero-order valence-electron chi connectivity index (χ0n) is 13.7. The van der Waals surface area contributed by atoms with Crippen LogP contribution in [0.2, 0.25) is 0 Å². The highest BCUT2D eigenvalue weighted by molar-refractivity contribution is 5.80. The maximum atomic E-state index is 12.5. The summed E-state index contributed by atoms with van der Waals surface area (Å²) in [4.78, 5) is 16.8. The molecule has 1 saturated heterocycles. The van der Waals surface area contributed by atoms with Gasteiger partial charge in [-0.05, 0) is 71.1 Å². The van der Waals surface area contributed by atoms with E-state index in [1.807, 2.05) is 4.90 Å². The molecule has 0 atom stereocenters. The van der Waals surface area contributed by atoms with E-state index in [-0.39, 0.29) is 5.91 Å². The maximum absolute atomic E-state index is 12.5. The Labute approximate surface area is 129 Å². The number of carbonyl (C=O) groups is 1. The summed E-state index contributed by atoms with van der Waals surface area (Å²) in [5.41, 5.74) is 1.25. The zero-order valence-corrected chi connectivity index (χ0v) is 13.7. The number of nitrogens with zero attached hydrogens (tertiary/aromatic N) is 2. The third-order valence-corrected chi connectivity index (χ3v) is 4.73. The van der Waals surface area contributed by atoms with Gasteiger partial charge in [0.2, 0.25) is 5.91 Å². The van der Waals surface area contributed by atoms with E-state index in [4.69, 9.17) is 0 Å². The van der Waals surface area contributed by atoms with Gasteiger partial charge in [0, 0.05) is 12.2 Å². The highest BCUT2D eigenvalue weighted by Crippen LogP contribution is 2.22. The highest BCUT2D eigenvalue weighted by atomic mass is 16.2. The average Bonchev–Trinajstić information content (AvgIpc) is 3.01. The van der Waals surface area contributed by atoms with Crippen LogP contribution in [0.4, 0.5) is 0 Å². The molecule has 0 aromatic carbocycles. The summed E-state index contributed by atoms with van der Waals surface area (Å²) < 4.78 is 0. The number of amides is 1. The Morgan fingerprint density at radius 3 is 2.71 bits per heavy atom. The number of rotatable bonds is 7. The molecule has 1 fully saturated rings. The predicted molar refractivity (Wildman–Crippen MR) is 87.0 cm³/mol. The van der Waals surface area contributed by atoms with Gasteiger partial charge in [0.1, 0.15) is 0 Å². The van der Waals surface area contributed by atoms with Crippen LogP contribution in [0.1, 0.15) is 46.0 Å². The molecule has 0 aromatic heterocycles. The highest BCUT2D eigenvalue weighted by Gasteiger charge is 2.24. The maximum Gasteiger partial charge on any atom is 0.240 e. The molecule has 0 saturated carbocycles. The van der Waals surface area contributed by atoms with Crippen molar-refractivity contribution in [2.75, 3.05) is 39.3 Å². The fraction of sp³-hybridized carbons (Fsp3) is 0.824. The molecule has 0 unspecified atom stereocenters. The van der Waals surface area contributed by atoms with Gasteiger partial charge in [0.25, 0.3) is 0 Å². The Bertz CT molecular complexity index is 359. The third-order valence-electron chi connectivity index (χ3n) is 4.73. The van der Waals surface area contributed by atoms with Crippen molar-refractivity contribution < 1.29 is 4.79 Å². The monoisotopic (exact) mass is 293 g/mol. The van der Waals surface area contributed by atoms with E-state index in [0.717, 1.165) is 51.5 Å². The quantitative estimate of drug-likeness (QED) is 0.782. The van der Waals surface area contributed by atoms with Crippen molar-refractivity contribution >= 4 is 5.91 Å². The second-order valence-corrected chi connectivity index (χ2v) is 6.25. The number of allylic oxidation sites excluding steroid dienone is 2. The normalized spacial score (nSPS) is 20.6. The molecule has 1 N–H and O–H groups in total. The Morgan fingerprint density at radius 2 is 2.14 bits per heavy atom. The van der Waals surface area contributed by atoms with Crippen LogP contribution < -0.4 is 5.32 Å². The molecule has 0 aromatic rings.